The summed E-state index contributed by atoms with van der Waals surface area (Å²) in [6.45, 7) is 0. The molecular weight excluding hydrogens is 96.0 g/mol. The van der Waals surface area contributed by atoms with E-state index in [0.29, 0.717) is 0 Å². The predicted octanol–water partition coefficient (Wildman–Crippen LogP) is -0.570. The molecule has 0 aliphatic rings. The van der Waals surface area contributed by atoms with Gasteiger partial charge in [-0.2, -0.15) is 0 Å². The molecule has 0 spiro atoms. The first kappa shape index (κ1) is 3.98. The molecule has 0 bridgehead atoms. The quantitative estimate of drug-likeness (QED) is 0.436. The van der Waals surface area contributed by atoms with Gasteiger partial charge in [0.25, 0.3) is 0 Å². The first-order valence-corrected chi connectivity index (χ1v) is 1.65. The van der Waals surface area contributed by atoms with Gasteiger partial charge in [0.15, 0.2) is 0 Å². The van der Waals surface area contributed by atoms with Gasteiger partial charge in [0.1, 0.15) is 6.20 Å². The molecule has 1 heterocycles. The molecule has 0 aliphatic heterocycles. The molecule has 1 aromatic rings. The van der Waals surface area contributed by atoms with E-state index >= 15 is 0 Å². The van der Waals surface area contributed by atoms with E-state index in [1.54, 1.807) is 0 Å². The number of hydrogen-bond acceptors (Lipinski definition) is 4. The third-order valence-corrected chi connectivity index (χ3v) is 0.446. The molecule has 1 rings (SSSR count). The standard InChI is InChI=1S/C3H2N2O2/c6-3-1-4-5-2-7-3/h1-2H. The van der Waals surface area contributed by atoms with E-state index in [-0.39, 0.29) is 0 Å². The minimum Gasteiger partial charge on any atom is -0.408 e. The topological polar surface area (TPSA) is 56.0 Å². The van der Waals surface area contributed by atoms with Gasteiger partial charge < -0.3 is 4.42 Å². The molecule has 0 aliphatic carbocycles. The van der Waals surface area contributed by atoms with Crippen molar-refractivity contribution in [2.75, 3.05) is 0 Å². The molecular formula is C3H2N2O2. The van der Waals surface area contributed by atoms with Crippen molar-refractivity contribution in [1.29, 1.82) is 0 Å². The van der Waals surface area contributed by atoms with Crippen LogP contribution < -0.4 is 5.63 Å². The summed E-state index contributed by atoms with van der Waals surface area (Å²) in [7, 11) is 0. The Kier molecular flexibility index (Phi) is 0.856. The van der Waals surface area contributed by atoms with Crippen molar-refractivity contribution in [1.82, 2.24) is 10.2 Å². The monoisotopic (exact) mass is 98.0 g/mol. The number of hydrogen-bond donors (Lipinski definition) is 0. The van der Waals surface area contributed by atoms with Crippen LogP contribution in [0.15, 0.2) is 21.8 Å². The van der Waals surface area contributed by atoms with Crippen LogP contribution in [0.3, 0.4) is 0 Å². The van der Waals surface area contributed by atoms with E-state index in [2.05, 4.69) is 14.6 Å². The van der Waals surface area contributed by atoms with E-state index < -0.39 is 5.63 Å². The van der Waals surface area contributed by atoms with Gasteiger partial charge in [-0.1, -0.05) is 0 Å². The van der Waals surface area contributed by atoms with Crippen LogP contribution in [0.5, 0.6) is 0 Å². The second-order valence-electron chi connectivity index (χ2n) is 0.902. The molecule has 0 aromatic carbocycles. The molecule has 4 nitrogen and oxygen atoms in total. The molecule has 7 heavy (non-hydrogen) atoms. The van der Waals surface area contributed by atoms with E-state index in [4.69, 9.17) is 0 Å². The van der Waals surface area contributed by atoms with E-state index in [1.165, 1.54) is 0 Å². The highest BCUT2D eigenvalue weighted by molar-refractivity contribution is 4.56. The smallest absolute Gasteiger partial charge is 0.357 e. The summed E-state index contributed by atoms with van der Waals surface area (Å²) in [4.78, 5) is 10.0. The van der Waals surface area contributed by atoms with E-state index in [1.807, 2.05) is 0 Å². The molecule has 0 saturated carbocycles. The molecule has 0 atom stereocenters. The van der Waals surface area contributed by atoms with Gasteiger partial charge in [-0.25, -0.2) is 4.79 Å². The van der Waals surface area contributed by atoms with Crippen LogP contribution in [0.4, 0.5) is 0 Å². The summed E-state index contributed by atoms with van der Waals surface area (Å²) < 4.78 is 4.20. The van der Waals surface area contributed by atoms with Gasteiger partial charge in [-0.3, -0.25) is 0 Å². The first-order chi connectivity index (χ1) is 3.39. The maximum Gasteiger partial charge on any atom is 0.357 e. The molecule has 0 saturated heterocycles. The lowest BCUT2D eigenvalue weighted by Crippen LogP contribution is -1.96. The molecule has 0 unspecified atom stereocenters. The fourth-order valence-corrected chi connectivity index (χ4v) is 0.214. The summed E-state index contributed by atoms with van der Waals surface area (Å²) in [5.41, 5.74) is -0.477. The zero-order valence-electron chi connectivity index (χ0n) is 3.37. The minimum absolute atomic E-state index is 0.477. The lowest BCUT2D eigenvalue weighted by atomic mass is 10.9. The Balaban J connectivity index is 3.28. The summed E-state index contributed by atoms with van der Waals surface area (Å²) >= 11 is 0. The van der Waals surface area contributed by atoms with Gasteiger partial charge in [0.05, 0.1) is 0 Å². The molecule has 0 amide bonds. The van der Waals surface area contributed by atoms with Crippen molar-refractivity contribution in [2.45, 2.75) is 0 Å². The lowest BCUT2D eigenvalue weighted by Gasteiger charge is -1.70. The fourth-order valence-electron chi connectivity index (χ4n) is 0.214. The number of rotatable bonds is 0. The Morgan fingerprint density at radius 2 is 2.43 bits per heavy atom. The van der Waals surface area contributed by atoms with Crippen molar-refractivity contribution in [3.63, 3.8) is 0 Å². The molecule has 4 heteroatoms. The minimum atomic E-state index is -0.477. The molecule has 1 aromatic heterocycles. The Morgan fingerprint density at radius 3 is 2.71 bits per heavy atom. The van der Waals surface area contributed by atoms with Crippen molar-refractivity contribution in [3.8, 4) is 0 Å². The average molecular weight is 98.1 g/mol. The Morgan fingerprint density at radius 1 is 1.57 bits per heavy atom. The molecule has 0 radical (unpaired) electrons. The van der Waals surface area contributed by atoms with Gasteiger partial charge in [-0.05, 0) is 0 Å². The van der Waals surface area contributed by atoms with Crippen LogP contribution >= 0.6 is 0 Å². The SMILES string of the molecule is O=c1cnnco1. The molecule has 0 N–H and O–H groups in total. The van der Waals surface area contributed by atoms with Gasteiger partial charge in [0, 0.05) is 0 Å². The van der Waals surface area contributed by atoms with Gasteiger partial charge >= 0.3 is 5.63 Å². The average Bonchev–Trinajstić information content (AvgIpc) is 1.69. The van der Waals surface area contributed by atoms with Gasteiger partial charge in [-0.15, -0.1) is 10.2 Å². The third-order valence-electron chi connectivity index (χ3n) is 0.446. The normalized spacial score (nSPS) is 8.57. The number of aromatic nitrogens is 2. The third kappa shape index (κ3) is 0.819. The van der Waals surface area contributed by atoms with Crippen LogP contribution in [0.2, 0.25) is 0 Å². The summed E-state index contributed by atoms with van der Waals surface area (Å²) in [5, 5.41) is 6.46. The Labute approximate surface area is 38.8 Å². The van der Waals surface area contributed by atoms with Crippen molar-refractivity contribution >= 4 is 0 Å². The summed E-state index contributed by atoms with van der Waals surface area (Å²) in [5.74, 6) is 0. The second-order valence-corrected chi connectivity index (χ2v) is 0.902. The number of nitrogens with zero attached hydrogens (tertiary/aromatic N) is 2. The highest BCUT2D eigenvalue weighted by Gasteiger charge is 1.75. The predicted molar refractivity (Wildman–Crippen MR) is 20.6 cm³/mol. The zero-order chi connectivity index (χ0) is 5.11. The lowest BCUT2D eigenvalue weighted by molar-refractivity contribution is 0.473. The summed E-state index contributed by atoms with van der Waals surface area (Å²) in [6, 6.07) is 0. The maximum atomic E-state index is 10.0. The van der Waals surface area contributed by atoms with Crippen molar-refractivity contribution in [3.05, 3.63) is 23.0 Å². The second kappa shape index (κ2) is 1.51. The van der Waals surface area contributed by atoms with Crippen LogP contribution in [0.1, 0.15) is 0 Å². The fraction of sp³-hybridized carbons (Fsp3) is 0. The summed E-state index contributed by atoms with van der Waals surface area (Å²) in [6.07, 6.45) is 1.99. The van der Waals surface area contributed by atoms with Crippen LogP contribution in [0.25, 0.3) is 0 Å². The van der Waals surface area contributed by atoms with Gasteiger partial charge in [0.2, 0.25) is 6.39 Å². The molecule has 36 valence electrons. The Hall–Kier alpha value is -1.19. The highest BCUT2D eigenvalue weighted by atomic mass is 16.4. The van der Waals surface area contributed by atoms with E-state index in [9.17, 15) is 4.79 Å². The maximum absolute atomic E-state index is 10.0. The highest BCUT2D eigenvalue weighted by Crippen LogP contribution is 1.57. The van der Waals surface area contributed by atoms with Crippen LogP contribution in [0, 0.1) is 0 Å². The van der Waals surface area contributed by atoms with E-state index in [0.717, 1.165) is 12.6 Å². The van der Waals surface area contributed by atoms with Crippen molar-refractivity contribution < 1.29 is 4.42 Å². The van der Waals surface area contributed by atoms with Crippen molar-refractivity contribution in [2.24, 2.45) is 0 Å². The zero-order valence-corrected chi connectivity index (χ0v) is 3.37. The van der Waals surface area contributed by atoms with Crippen LogP contribution in [-0.4, -0.2) is 10.2 Å². The first-order valence-electron chi connectivity index (χ1n) is 1.65. The Bertz CT molecular complexity index is 177. The van der Waals surface area contributed by atoms with Crippen LogP contribution in [-0.2, 0) is 0 Å². The molecule has 0 fully saturated rings. The largest absolute Gasteiger partial charge is 0.408 e.